The van der Waals surface area contributed by atoms with Crippen molar-refractivity contribution >= 4 is 5.97 Å². The van der Waals surface area contributed by atoms with Gasteiger partial charge in [-0.05, 0) is 46.8 Å². The fourth-order valence-corrected chi connectivity index (χ4v) is 1.72. The first kappa shape index (κ1) is 11.5. The van der Waals surface area contributed by atoms with Crippen LogP contribution >= 0.6 is 0 Å². The highest BCUT2D eigenvalue weighted by Gasteiger charge is 2.30. The second-order valence-electron chi connectivity index (χ2n) is 4.65. The third-order valence-electron chi connectivity index (χ3n) is 2.82. The number of aliphatic carboxylic acids is 1. The van der Waals surface area contributed by atoms with Crippen LogP contribution in [0.5, 0.6) is 0 Å². The van der Waals surface area contributed by atoms with Crippen LogP contribution < -0.4 is 5.32 Å². The van der Waals surface area contributed by atoms with E-state index in [-0.39, 0.29) is 0 Å². The SMILES string of the molecule is CN1CCC(NC(C)(C)C(=O)O)CC1. The molecule has 1 heterocycles. The molecule has 0 radical (unpaired) electrons. The summed E-state index contributed by atoms with van der Waals surface area (Å²) in [6.45, 7) is 5.53. The number of nitrogens with one attached hydrogen (secondary N) is 1. The molecular weight excluding hydrogens is 180 g/mol. The second kappa shape index (κ2) is 4.28. The van der Waals surface area contributed by atoms with E-state index in [1.807, 2.05) is 0 Å². The Morgan fingerprint density at radius 3 is 2.36 bits per heavy atom. The van der Waals surface area contributed by atoms with E-state index in [1.165, 1.54) is 0 Å². The van der Waals surface area contributed by atoms with Crippen LogP contribution in [0.15, 0.2) is 0 Å². The molecule has 4 nitrogen and oxygen atoms in total. The molecule has 1 saturated heterocycles. The molecule has 0 aliphatic carbocycles. The molecule has 0 bridgehead atoms. The molecule has 2 N–H and O–H groups in total. The maximum Gasteiger partial charge on any atom is 0.323 e. The molecule has 0 atom stereocenters. The molecule has 1 aliphatic heterocycles. The van der Waals surface area contributed by atoms with Crippen molar-refractivity contribution in [3.8, 4) is 0 Å². The van der Waals surface area contributed by atoms with Gasteiger partial charge >= 0.3 is 5.97 Å². The predicted octanol–water partition coefficient (Wildman–Crippen LogP) is 0.533. The standard InChI is InChI=1S/C10H20N2O2/c1-10(2,9(13)14)11-8-4-6-12(3)7-5-8/h8,11H,4-7H2,1-3H3,(H,13,14). The zero-order valence-corrected chi connectivity index (χ0v) is 9.21. The van der Waals surface area contributed by atoms with Crippen LogP contribution in [-0.4, -0.2) is 47.7 Å². The van der Waals surface area contributed by atoms with E-state index in [2.05, 4.69) is 17.3 Å². The van der Waals surface area contributed by atoms with E-state index >= 15 is 0 Å². The summed E-state index contributed by atoms with van der Waals surface area (Å²) < 4.78 is 0. The minimum atomic E-state index is -0.805. The Labute approximate surface area is 85.3 Å². The second-order valence-corrected chi connectivity index (χ2v) is 4.65. The number of nitrogens with zero attached hydrogens (tertiary/aromatic N) is 1. The van der Waals surface area contributed by atoms with Gasteiger partial charge in [0.2, 0.25) is 0 Å². The lowest BCUT2D eigenvalue weighted by atomic mass is 9.99. The topological polar surface area (TPSA) is 52.6 Å². The smallest absolute Gasteiger partial charge is 0.323 e. The zero-order valence-electron chi connectivity index (χ0n) is 9.21. The molecule has 1 rings (SSSR count). The van der Waals surface area contributed by atoms with Crippen molar-refractivity contribution in [2.75, 3.05) is 20.1 Å². The minimum Gasteiger partial charge on any atom is -0.480 e. The van der Waals surface area contributed by atoms with E-state index < -0.39 is 11.5 Å². The van der Waals surface area contributed by atoms with Crippen LogP contribution in [0.25, 0.3) is 0 Å². The molecule has 0 saturated carbocycles. The first-order valence-corrected chi connectivity index (χ1v) is 5.11. The average molecular weight is 200 g/mol. The summed E-state index contributed by atoms with van der Waals surface area (Å²) in [5.41, 5.74) is -0.805. The summed E-state index contributed by atoms with van der Waals surface area (Å²) in [6.07, 6.45) is 2.07. The minimum absolute atomic E-state index is 0.345. The van der Waals surface area contributed by atoms with Gasteiger partial charge in [-0.15, -0.1) is 0 Å². The van der Waals surface area contributed by atoms with Crippen molar-refractivity contribution in [2.24, 2.45) is 0 Å². The van der Waals surface area contributed by atoms with Crippen molar-refractivity contribution in [1.29, 1.82) is 0 Å². The Hall–Kier alpha value is -0.610. The summed E-state index contributed by atoms with van der Waals surface area (Å²) in [5, 5.41) is 12.1. The van der Waals surface area contributed by atoms with Crippen LogP contribution in [0.4, 0.5) is 0 Å². The van der Waals surface area contributed by atoms with Crippen LogP contribution in [0.1, 0.15) is 26.7 Å². The third kappa shape index (κ3) is 2.96. The number of hydrogen-bond acceptors (Lipinski definition) is 3. The molecule has 14 heavy (non-hydrogen) atoms. The molecule has 0 amide bonds. The fraction of sp³-hybridized carbons (Fsp3) is 0.900. The van der Waals surface area contributed by atoms with Gasteiger partial charge in [0.05, 0.1) is 0 Å². The van der Waals surface area contributed by atoms with E-state index in [4.69, 9.17) is 5.11 Å². The zero-order chi connectivity index (χ0) is 10.8. The third-order valence-corrected chi connectivity index (χ3v) is 2.82. The van der Waals surface area contributed by atoms with Crippen molar-refractivity contribution in [1.82, 2.24) is 10.2 Å². The summed E-state index contributed by atoms with van der Waals surface area (Å²) in [7, 11) is 2.10. The quantitative estimate of drug-likeness (QED) is 0.698. The van der Waals surface area contributed by atoms with E-state index in [0.717, 1.165) is 25.9 Å². The van der Waals surface area contributed by atoms with Gasteiger partial charge in [-0.2, -0.15) is 0 Å². The molecule has 4 heteroatoms. The summed E-state index contributed by atoms with van der Waals surface area (Å²) in [5.74, 6) is -0.781. The van der Waals surface area contributed by atoms with Crippen molar-refractivity contribution in [3.63, 3.8) is 0 Å². The molecule has 0 aromatic rings. The molecular formula is C10H20N2O2. The van der Waals surface area contributed by atoms with Gasteiger partial charge in [0.1, 0.15) is 5.54 Å². The van der Waals surface area contributed by atoms with Crippen molar-refractivity contribution in [3.05, 3.63) is 0 Å². The largest absolute Gasteiger partial charge is 0.480 e. The van der Waals surface area contributed by atoms with Crippen molar-refractivity contribution in [2.45, 2.75) is 38.3 Å². The molecule has 1 fully saturated rings. The van der Waals surface area contributed by atoms with E-state index in [0.29, 0.717) is 6.04 Å². The lowest BCUT2D eigenvalue weighted by Crippen LogP contribution is -2.54. The lowest BCUT2D eigenvalue weighted by Gasteiger charge is -2.34. The van der Waals surface area contributed by atoms with Gasteiger partial charge in [0.25, 0.3) is 0 Å². The van der Waals surface area contributed by atoms with Crippen LogP contribution in [0, 0.1) is 0 Å². The Morgan fingerprint density at radius 2 is 1.93 bits per heavy atom. The van der Waals surface area contributed by atoms with Gasteiger partial charge in [-0.3, -0.25) is 10.1 Å². The average Bonchev–Trinajstić information content (AvgIpc) is 2.08. The molecule has 82 valence electrons. The number of hydrogen-bond donors (Lipinski definition) is 2. The number of carboxylic acids is 1. The van der Waals surface area contributed by atoms with Crippen LogP contribution in [-0.2, 0) is 4.79 Å². The Bertz CT molecular complexity index is 208. The molecule has 0 aromatic carbocycles. The first-order valence-electron chi connectivity index (χ1n) is 5.11. The number of likely N-dealkylation sites (tertiary alicyclic amines) is 1. The van der Waals surface area contributed by atoms with Gasteiger partial charge < -0.3 is 10.0 Å². The van der Waals surface area contributed by atoms with Gasteiger partial charge in [0, 0.05) is 6.04 Å². The molecule has 0 aromatic heterocycles. The van der Waals surface area contributed by atoms with Crippen LogP contribution in [0.2, 0.25) is 0 Å². The van der Waals surface area contributed by atoms with Gasteiger partial charge in [0.15, 0.2) is 0 Å². The predicted molar refractivity (Wildman–Crippen MR) is 55.4 cm³/mol. The maximum atomic E-state index is 10.9. The maximum absolute atomic E-state index is 10.9. The summed E-state index contributed by atoms with van der Waals surface area (Å²) in [4.78, 5) is 13.2. The normalized spacial score (nSPS) is 21.1. The Balaban J connectivity index is 2.41. The number of carbonyl (C=O) groups is 1. The molecule has 0 spiro atoms. The molecule has 1 aliphatic rings. The Morgan fingerprint density at radius 1 is 1.43 bits per heavy atom. The Kier molecular flexibility index (Phi) is 3.50. The number of carboxylic acid groups (broad SMARTS) is 1. The highest BCUT2D eigenvalue weighted by atomic mass is 16.4. The van der Waals surface area contributed by atoms with Crippen molar-refractivity contribution < 1.29 is 9.90 Å². The summed E-state index contributed by atoms with van der Waals surface area (Å²) in [6, 6.07) is 0.345. The van der Waals surface area contributed by atoms with Gasteiger partial charge in [-0.1, -0.05) is 0 Å². The van der Waals surface area contributed by atoms with Gasteiger partial charge in [-0.25, -0.2) is 0 Å². The lowest BCUT2D eigenvalue weighted by molar-refractivity contribution is -0.143. The fourth-order valence-electron chi connectivity index (χ4n) is 1.72. The highest BCUT2D eigenvalue weighted by molar-refractivity contribution is 5.77. The van der Waals surface area contributed by atoms with E-state index in [1.54, 1.807) is 13.8 Å². The first-order chi connectivity index (χ1) is 6.42. The van der Waals surface area contributed by atoms with E-state index in [9.17, 15) is 4.79 Å². The number of rotatable bonds is 3. The highest BCUT2D eigenvalue weighted by Crippen LogP contribution is 2.13. The summed E-state index contributed by atoms with van der Waals surface area (Å²) >= 11 is 0. The monoisotopic (exact) mass is 200 g/mol. The van der Waals surface area contributed by atoms with Crippen LogP contribution in [0.3, 0.4) is 0 Å². The molecule has 0 unspecified atom stereocenters. The number of piperidine rings is 1.